The Hall–Kier alpha value is -1.36. The highest BCUT2D eigenvalue weighted by atomic mass is 16.8. The second-order valence-electron chi connectivity index (χ2n) is 7.85. The van der Waals surface area contributed by atoms with Crippen molar-refractivity contribution in [2.24, 2.45) is 29.6 Å². The molecule has 5 nitrogen and oxygen atoms in total. The molecule has 0 aromatic rings. The van der Waals surface area contributed by atoms with Crippen molar-refractivity contribution in [2.45, 2.75) is 65.5 Å². The Labute approximate surface area is 143 Å². The summed E-state index contributed by atoms with van der Waals surface area (Å²) in [6.45, 7) is 8.37. The van der Waals surface area contributed by atoms with E-state index in [-0.39, 0.29) is 11.9 Å². The number of rotatable bonds is 6. The average molecular weight is 336 g/mol. The summed E-state index contributed by atoms with van der Waals surface area (Å²) in [5.41, 5.74) is 0.309. The number of ether oxygens (including phenoxy) is 3. The van der Waals surface area contributed by atoms with Crippen molar-refractivity contribution in [1.82, 2.24) is 0 Å². The lowest BCUT2D eigenvalue weighted by Gasteiger charge is -2.53. The zero-order chi connectivity index (χ0) is 17.4. The van der Waals surface area contributed by atoms with Crippen LogP contribution in [0, 0.1) is 29.6 Å². The summed E-state index contributed by atoms with van der Waals surface area (Å²) in [6, 6.07) is 0. The maximum atomic E-state index is 12.6. The third kappa shape index (κ3) is 3.66. The molecule has 0 aliphatic heterocycles. The molecule has 4 saturated carbocycles. The van der Waals surface area contributed by atoms with Crippen LogP contribution in [0.3, 0.4) is 0 Å². The summed E-state index contributed by atoms with van der Waals surface area (Å²) < 4.78 is 16.0. The van der Waals surface area contributed by atoms with E-state index in [4.69, 9.17) is 14.2 Å². The fourth-order valence-corrected chi connectivity index (χ4v) is 5.13. The Morgan fingerprint density at radius 2 is 1.42 bits per heavy atom. The third-order valence-corrected chi connectivity index (χ3v) is 5.79. The predicted molar refractivity (Wildman–Crippen MR) is 87.5 cm³/mol. The Morgan fingerprint density at radius 3 is 1.92 bits per heavy atom. The van der Waals surface area contributed by atoms with Crippen LogP contribution in [0.4, 0.5) is 0 Å². The van der Waals surface area contributed by atoms with E-state index in [9.17, 15) is 9.59 Å². The standard InChI is InChI=1S/C19H28O5/c1-10(2)18(20)23-11(3)22-12(4)24-19(21)17-15-6-13-5-14(8-15)9-16(17)7-13/h11-17H,1,5-9H2,2-4H3. The van der Waals surface area contributed by atoms with Crippen LogP contribution in [0.2, 0.25) is 0 Å². The zero-order valence-electron chi connectivity index (χ0n) is 14.8. The Morgan fingerprint density at radius 1 is 0.917 bits per heavy atom. The first kappa shape index (κ1) is 17.5. The quantitative estimate of drug-likeness (QED) is 0.422. The molecule has 2 unspecified atom stereocenters. The van der Waals surface area contributed by atoms with Crippen molar-refractivity contribution in [3.63, 3.8) is 0 Å². The molecular formula is C19H28O5. The van der Waals surface area contributed by atoms with Gasteiger partial charge >= 0.3 is 11.9 Å². The zero-order valence-corrected chi connectivity index (χ0v) is 14.8. The van der Waals surface area contributed by atoms with Crippen molar-refractivity contribution in [3.05, 3.63) is 12.2 Å². The van der Waals surface area contributed by atoms with Crippen LogP contribution in [0.15, 0.2) is 12.2 Å². The minimum atomic E-state index is -0.782. The fourth-order valence-electron chi connectivity index (χ4n) is 5.13. The van der Waals surface area contributed by atoms with Gasteiger partial charge < -0.3 is 14.2 Å². The Bertz CT molecular complexity index is 498. The number of carbonyl (C=O) groups excluding carboxylic acids is 2. The molecule has 0 amide bonds. The van der Waals surface area contributed by atoms with E-state index < -0.39 is 18.5 Å². The van der Waals surface area contributed by atoms with Crippen LogP contribution in [0.25, 0.3) is 0 Å². The highest BCUT2D eigenvalue weighted by Gasteiger charge is 2.51. The lowest BCUT2D eigenvalue weighted by atomic mass is 9.52. The average Bonchev–Trinajstić information content (AvgIpc) is 2.45. The molecule has 5 heteroatoms. The molecule has 0 radical (unpaired) electrons. The van der Waals surface area contributed by atoms with Gasteiger partial charge in [-0.2, -0.15) is 0 Å². The maximum Gasteiger partial charge on any atom is 0.335 e. The molecule has 134 valence electrons. The fraction of sp³-hybridized carbons (Fsp3) is 0.789. The minimum Gasteiger partial charge on any atom is -0.436 e. The van der Waals surface area contributed by atoms with E-state index in [1.54, 1.807) is 20.8 Å². The minimum absolute atomic E-state index is 0.0251. The van der Waals surface area contributed by atoms with Crippen molar-refractivity contribution < 1.29 is 23.8 Å². The topological polar surface area (TPSA) is 61.8 Å². The van der Waals surface area contributed by atoms with E-state index in [2.05, 4.69) is 6.58 Å². The van der Waals surface area contributed by atoms with E-state index in [1.807, 2.05) is 0 Å². The van der Waals surface area contributed by atoms with E-state index >= 15 is 0 Å². The second kappa shape index (κ2) is 6.87. The van der Waals surface area contributed by atoms with E-state index in [0.717, 1.165) is 11.8 Å². The maximum absolute atomic E-state index is 12.6. The predicted octanol–water partition coefficient (Wildman–Crippen LogP) is 3.43. The van der Waals surface area contributed by atoms with Gasteiger partial charge in [-0.25, -0.2) is 4.79 Å². The summed E-state index contributed by atoms with van der Waals surface area (Å²) in [7, 11) is 0. The van der Waals surface area contributed by atoms with Gasteiger partial charge in [-0.05, 0) is 76.5 Å². The van der Waals surface area contributed by atoms with Crippen LogP contribution in [-0.2, 0) is 23.8 Å². The molecule has 4 aliphatic carbocycles. The SMILES string of the molecule is C=C(C)C(=O)OC(C)OC(C)OC(=O)C1C2CC3CC(C2)CC1C3. The number of carbonyl (C=O) groups is 2. The molecule has 24 heavy (non-hydrogen) atoms. The largest absolute Gasteiger partial charge is 0.436 e. The first-order valence-electron chi connectivity index (χ1n) is 9.06. The number of esters is 2. The molecule has 0 spiro atoms. The second-order valence-corrected chi connectivity index (χ2v) is 7.85. The summed E-state index contributed by atoms with van der Waals surface area (Å²) in [6.07, 6.45) is 4.55. The normalized spacial score (nSPS) is 36.0. The molecule has 0 aromatic carbocycles. The lowest BCUT2D eigenvalue weighted by Crippen LogP contribution is -2.49. The van der Waals surface area contributed by atoms with Crippen LogP contribution >= 0.6 is 0 Å². The molecule has 2 atom stereocenters. The van der Waals surface area contributed by atoms with Gasteiger partial charge in [0.05, 0.1) is 5.92 Å². The van der Waals surface area contributed by atoms with Gasteiger partial charge in [0.25, 0.3) is 0 Å². The Balaban J connectivity index is 1.49. The molecule has 4 rings (SSSR count). The van der Waals surface area contributed by atoms with E-state index in [0.29, 0.717) is 17.4 Å². The van der Waals surface area contributed by atoms with Crippen LogP contribution in [-0.4, -0.2) is 24.5 Å². The molecule has 0 saturated heterocycles. The van der Waals surface area contributed by atoms with Gasteiger partial charge in [-0.3, -0.25) is 4.79 Å². The van der Waals surface area contributed by atoms with Gasteiger partial charge in [-0.1, -0.05) is 6.58 Å². The molecule has 4 bridgehead atoms. The van der Waals surface area contributed by atoms with Gasteiger partial charge in [0.2, 0.25) is 12.6 Å². The van der Waals surface area contributed by atoms with E-state index in [1.165, 1.54) is 32.1 Å². The van der Waals surface area contributed by atoms with Gasteiger partial charge in [0, 0.05) is 5.57 Å². The first-order chi connectivity index (χ1) is 11.3. The first-order valence-corrected chi connectivity index (χ1v) is 9.06. The lowest BCUT2D eigenvalue weighted by molar-refractivity contribution is -0.231. The summed E-state index contributed by atoms with van der Waals surface area (Å²) in [4.78, 5) is 24.1. The van der Waals surface area contributed by atoms with Crippen molar-refractivity contribution in [3.8, 4) is 0 Å². The Kier molecular flexibility index (Phi) is 5.00. The molecule has 4 aliphatic rings. The highest BCUT2D eigenvalue weighted by Crippen LogP contribution is 2.56. The molecular weight excluding hydrogens is 308 g/mol. The van der Waals surface area contributed by atoms with Crippen LogP contribution in [0.1, 0.15) is 52.9 Å². The summed E-state index contributed by atoms with van der Waals surface area (Å²) >= 11 is 0. The number of hydrogen-bond donors (Lipinski definition) is 0. The number of hydrogen-bond acceptors (Lipinski definition) is 5. The van der Waals surface area contributed by atoms with Crippen molar-refractivity contribution in [2.75, 3.05) is 0 Å². The molecule has 0 heterocycles. The molecule has 0 aromatic heterocycles. The highest BCUT2D eigenvalue weighted by molar-refractivity contribution is 5.86. The summed E-state index contributed by atoms with van der Waals surface area (Å²) in [5, 5.41) is 0. The molecule has 0 N–H and O–H groups in total. The molecule has 4 fully saturated rings. The van der Waals surface area contributed by atoms with Gasteiger partial charge in [0.1, 0.15) is 0 Å². The van der Waals surface area contributed by atoms with Gasteiger partial charge in [0.15, 0.2) is 0 Å². The van der Waals surface area contributed by atoms with Crippen molar-refractivity contribution >= 4 is 11.9 Å². The third-order valence-electron chi connectivity index (χ3n) is 5.79. The van der Waals surface area contributed by atoms with Crippen LogP contribution < -0.4 is 0 Å². The summed E-state index contributed by atoms with van der Waals surface area (Å²) in [5.74, 6) is 1.99. The smallest absolute Gasteiger partial charge is 0.335 e. The monoisotopic (exact) mass is 336 g/mol. The van der Waals surface area contributed by atoms with Crippen LogP contribution in [0.5, 0.6) is 0 Å². The van der Waals surface area contributed by atoms with Crippen molar-refractivity contribution in [1.29, 1.82) is 0 Å². The van der Waals surface area contributed by atoms with Gasteiger partial charge in [-0.15, -0.1) is 0 Å².